The van der Waals surface area contributed by atoms with Crippen LogP contribution in [-0.4, -0.2) is 4.57 Å². The summed E-state index contributed by atoms with van der Waals surface area (Å²) in [6.07, 6.45) is 0. The molecular weight excluding hydrogens is 768 g/mol. The van der Waals surface area contributed by atoms with Crippen LogP contribution in [0.3, 0.4) is 0 Å². The van der Waals surface area contributed by atoms with Crippen molar-refractivity contribution in [1.29, 1.82) is 0 Å². The van der Waals surface area contributed by atoms with Crippen LogP contribution in [0.4, 0.5) is 21.5 Å². The number of para-hydroxylation sites is 1. The van der Waals surface area contributed by atoms with E-state index in [0.29, 0.717) is 0 Å². The Morgan fingerprint density at radius 3 is 1.57 bits per heavy atom. The lowest BCUT2D eigenvalue weighted by atomic mass is 9.81. The van der Waals surface area contributed by atoms with Crippen LogP contribution in [0.1, 0.15) is 49.9 Å². The van der Waals surface area contributed by atoms with Crippen molar-refractivity contribution in [2.75, 3.05) is 4.90 Å². The lowest BCUT2D eigenvalue weighted by Crippen LogP contribution is -2.18. The summed E-state index contributed by atoms with van der Waals surface area (Å²) in [5, 5.41) is 2.35. The summed E-state index contributed by atoms with van der Waals surface area (Å²) >= 11 is 0. The molecule has 63 heavy (non-hydrogen) atoms. The molecule has 0 radical (unpaired) electrons. The number of hydrogen-bond donors (Lipinski definition) is 0. The molecule has 0 spiro atoms. The molecule has 1 aromatic heterocycles. The maximum atomic E-state index is 14.0. The smallest absolute Gasteiger partial charge is 0.123 e. The lowest BCUT2D eigenvalue weighted by molar-refractivity contribution is 0.627. The van der Waals surface area contributed by atoms with E-state index in [1.807, 2.05) is 12.1 Å². The molecule has 9 aromatic carbocycles. The number of anilines is 3. The maximum absolute atomic E-state index is 14.0. The molecule has 10 aromatic rings. The predicted molar refractivity (Wildman–Crippen MR) is 261 cm³/mol. The van der Waals surface area contributed by atoms with Crippen LogP contribution in [0.2, 0.25) is 0 Å². The Morgan fingerprint density at radius 1 is 0.365 bits per heavy atom. The third-order valence-corrected chi connectivity index (χ3v) is 14.1. The minimum atomic E-state index is -0.246. The summed E-state index contributed by atoms with van der Waals surface area (Å²) < 4.78 is 16.2. The zero-order valence-corrected chi connectivity index (χ0v) is 35.8. The fraction of sp³-hybridized carbons (Fsp3) is 0.100. The first-order valence-electron chi connectivity index (χ1n) is 21.9. The molecule has 0 N–H and O–H groups in total. The molecule has 2 aliphatic carbocycles. The van der Waals surface area contributed by atoms with Gasteiger partial charge in [0.15, 0.2) is 0 Å². The predicted octanol–water partition coefficient (Wildman–Crippen LogP) is 16.3. The summed E-state index contributed by atoms with van der Waals surface area (Å²) in [6.45, 7) is 9.46. The number of aromatic nitrogens is 1. The van der Waals surface area contributed by atoms with Gasteiger partial charge in [0.1, 0.15) is 5.82 Å². The minimum Gasteiger partial charge on any atom is -0.310 e. The second-order valence-electron chi connectivity index (χ2n) is 18.3. The molecule has 1 heterocycles. The fourth-order valence-electron chi connectivity index (χ4n) is 10.8. The van der Waals surface area contributed by atoms with E-state index in [4.69, 9.17) is 0 Å². The Bertz CT molecular complexity index is 3440. The quantitative estimate of drug-likeness (QED) is 0.162. The van der Waals surface area contributed by atoms with E-state index < -0.39 is 0 Å². The Balaban J connectivity index is 0.952. The third kappa shape index (κ3) is 5.69. The number of nitrogens with zero attached hydrogens (tertiary/aromatic N) is 2. The zero-order valence-electron chi connectivity index (χ0n) is 35.8. The summed E-state index contributed by atoms with van der Waals surface area (Å²) in [7, 11) is 0. The Kier molecular flexibility index (Phi) is 8.14. The molecule has 0 atom stereocenters. The fourth-order valence-corrected chi connectivity index (χ4v) is 10.8. The highest BCUT2D eigenvalue weighted by molar-refractivity contribution is 6.10. The molecule has 0 saturated carbocycles. The Labute approximate surface area is 368 Å². The van der Waals surface area contributed by atoms with Gasteiger partial charge in [-0.25, -0.2) is 4.39 Å². The van der Waals surface area contributed by atoms with E-state index in [1.54, 1.807) is 0 Å². The van der Waals surface area contributed by atoms with Crippen LogP contribution in [0.25, 0.3) is 72.0 Å². The van der Waals surface area contributed by atoms with E-state index in [2.05, 4.69) is 213 Å². The summed E-state index contributed by atoms with van der Waals surface area (Å²) in [6, 6.07) is 71.7. The topological polar surface area (TPSA) is 8.17 Å². The molecule has 0 aliphatic heterocycles. The van der Waals surface area contributed by atoms with Crippen molar-refractivity contribution in [1.82, 2.24) is 4.57 Å². The normalized spacial score (nSPS) is 14.0. The van der Waals surface area contributed by atoms with Gasteiger partial charge in [0.25, 0.3) is 0 Å². The van der Waals surface area contributed by atoms with Gasteiger partial charge in [-0.05, 0) is 152 Å². The second-order valence-corrected chi connectivity index (χ2v) is 18.3. The SMILES string of the molecule is CC1(C)c2ccccc2-c2ccc(N(c3ccc(-c4ccccc4)cc3)c3ccc4c(c3)C(C)(C)c3cc(-c5ccc6c(c5)c5ccccc5n6-c5ccc(F)cc5)ccc3-4)cc21. The number of halogens is 1. The number of hydrogen-bond acceptors (Lipinski definition) is 1. The monoisotopic (exact) mass is 812 g/mol. The average Bonchev–Trinajstić information content (AvgIpc) is 3.86. The molecule has 12 rings (SSSR count). The molecular formula is C60H45FN2. The molecule has 0 fully saturated rings. The molecule has 2 nitrogen and oxygen atoms in total. The van der Waals surface area contributed by atoms with Crippen LogP contribution in [0.5, 0.6) is 0 Å². The molecule has 2 aliphatic rings. The van der Waals surface area contributed by atoms with Gasteiger partial charge >= 0.3 is 0 Å². The van der Waals surface area contributed by atoms with E-state index in [-0.39, 0.29) is 16.6 Å². The van der Waals surface area contributed by atoms with E-state index >= 15 is 0 Å². The summed E-state index contributed by atoms with van der Waals surface area (Å²) in [5.41, 5.74) is 21.6. The van der Waals surface area contributed by atoms with Crippen molar-refractivity contribution in [2.24, 2.45) is 0 Å². The van der Waals surface area contributed by atoms with Crippen molar-refractivity contribution in [3.8, 4) is 50.2 Å². The van der Waals surface area contributed by atoms with Crippen LogP contribution in [0.15, 0.2) is 200 Å². The van der Waals surface area contributed by atoms with Gasteiger partial charge < -0.3 is 9.47 Å². The highest BCUT2D eigenvalue weighted by Crippen LogP contribution is 2.54. The molecule has 0 saturated heterocycles. The molecule has 0 bridgehead atoms. The zero-order chi connectivity index (χ0) is 42.6. The Hall–Kier alpha value is -7.49. The first-order valence-corrected chi connectivity index (χ1v) is 21.9. The van der Waals surface area contributed by atoms with Crippen LogP contribution in [-0.2, 0) is 10.8 Å². The average molecular weight is 813 g/mol. The molecule has 0 unspecified atom stereocenters. The summed E-state index contributed by atoms with van der Waals surface area (Å²) in [5.74, 6) is -0.235. The van der Waals surface area contributed by atoms with Crippen LogP contribution in [0, 0.1) is 5.82 Å². The van der Waals surface area contributed by atoms with E-state index in [1.165, 1.54) is 89.7 Å². The van der Waals surface area contributed by atoms with Gasteiger partial charge in [-0.1, -0.05) is 143 Å². The van der Waals surface area contributed by atoms with Crippen LogP contribution < -0.4 is 4.90 Å². The van der Waals surface area contributed by atoms with Crippen molar-refractivity contribution < 1.29 is 4.39 Å². The first kappa shape index (κ1) is 37.3. The van der Waals surface area contributed by atoms with E-state index in [0.717, 1.165) is 33.8 Å². The van der Waals surface area contributed by atoms with Gasteiger partial charge in [-0.2, -0.15) is 0 Å². The van der Waals surface area contributed by atoms with Gasteiger partial charge in [-0.15, -0.1) is 0 Å². The molecule has 3 heteroatoms. The lowest BCUT2D eigenvalue weighted by Gasteiger charge is -2.30. The minimum absolute atomic E-state index is 0.117. The Morgan fingerprint density at radius 2 is 0.857 bits per heavy atom. The largest absolute Gasteiger partial charge is 0.310 e. The van der Waals surface area contributed by atoms with Gasteiger partial charge in [0.05, 0.1) is 11.0 Å². The number of fused-ring (bicyclic) bond motifs is 9. The van der Waals surface area contributed by atoms with Crippen molar-refractivity contribution >= 4 is 38.9 Å². The second kappa shape index (κ2) is 13.8. The third-order valence-electron chi connectivity index (χ3n) is 14.1. The number of benzene rings is 9. The highest BCUT2D eigenvalue weighted by Gasteiger charge is 2.38. The molecule has 302 valence electrons. The standard InChI is InChI=1S/C60H45FN2/c1-59(2)53-16-10-8-14-47(53)49-31-28-45(36-55(49)59)62(43-24-18-39(19-25-43)38-12-6-5-7-13-38)46-29-32-50-48-30-20-41(35-54(48)60(3,4)56(50)37-46)40-21-33-58-52(34-40)51-15-9-11-17-57(51)63(58)44-26-22-42(61)23-27-44/h5-37H,1-4H3. The van der Waals surface area contributed by atoms with E-state index in [9.17, 15) is 4.39 Å². The van der Waals surface area contributed by atoms with Gasteiger partial charge in [-0.3, -0.25) is 0 Å². The van der Waals surface area contributed by atoms with Crippen LogP contribution >= 0.6 is 0 Å². The van der Waals surface area contributed by atoms with Crippen molar-refractivity contribution in [3.05, 3.63) is 228 Å². The van der Waals surface area contributed by atoms with Gasteiger partial charge in [0, 0.05) is 44.4 Å². The number of rotatable bonds is 6. The van der Waals surface area contributed by atoms with Crippen molar-refractivity contribution in [2.45, 2.75) is 38.5 Å². The van der Waals surface area contributed by atoms with Crippen molar-refractivity contribution in [3.63, 3.8) is 0 Å². The molecule has 0 amide bonds. The summed E-state index contributed by atoms with van der Waals surface area (Å²) in [4.78, 5) is 2.44. The highest BCUT2D eigenvalue weighted by atomic mass is 19.1. The van der Waals surface area contributed by atoms with Gasteiger partial charge in [0.2, 0.25) is 0 Å². The first-order chi connectivity index (χ1) is 30.6. The maximum Gasteiger partial charge on any atom is 0.123 e.